The van der Waals surface area contributed by atoms with Crippen molar-refractivity contribution < 1.29 is 4.74 Å². The first-order valence-electron chi connectivity index (χ1n) is 9.47. The maximum atomic E-state index is 6.17. The van der Waals surface area contributed by atoms with Crippen LogP contribution in [0.1, 0.15) is 32.0 Å². The summed E-state index contributed by atoms with van der Waals surface area (Å²) in [7, 11) is 1.78. The fourth-order valence-electron chi connectivity index (χ4n) is 2.67. The van der Waals surface area contributed by atoms with Gasteiger partial charge in [0.15, 0.2) is 5.96 Å². The van der Waals surface area contributed by atoms with Crippen molar-refractivity contribution in [3.8, 4) is 5.75 Å². The van der Waals surface area contributed by atoms with E-state index in [-0.39, 0.29) is 6.10 Å². The smallest absolute Gasteiger partial charge is 0.191 e. The molecule has 0 saturated heterocycles. The summed E-state index contributed by atoms with van der Waals surface area (Å²) >= 11 is 6.17. The number of aromatic nitrogens is 2. The van der Waals surface area contributed by atoms with Gasteiger partial charge in [-0.2, -0.15) is 0 Å². The van der Waals surface area contributed by atoms with Gasteiger partial charge in [-0.15, -0.1) is 0 Å². The molecule has 0 bridgehead atoms. The minimum Gasteiger partial charge on any atom is -0.487 e. The van der Waals surface area contributed by atoms with Crippen molar-refractivity contribution in [3.63, 3.8) is 0 Å². The van der Waals surface area contributed by atoms with Crippen molar-refractivity contribution in [3.05, 3.63) is 47.5 Å². The Morgan fingerprint density at radius 2 is 2.11 bits per heavy atom. The summed E-state index contributed by atoms with van der Waals surface area (Å²) in [6, 6.07) is 7.55. The molecule has 0 fully saturated rings. The van der Waals surface area contributed by atoms with Crippen LogP contribution >= 0.6 is 11.6 Å². The average Bonchev–Trinajstić information content (AvgIpc) is 3.09. The first-order chi connectivity index (χ1) is 13.1. The summed E-state index contributed by atoms with van der Waals surface area (Å²) in [5, 5.41) is 7.31. The Hall–Kier alpha value is -2.21. The van der Waals surface area contributed by atoms with E-state index in [1.807, 2.05) is 43.6 Å². The maximum absolute atomic E-state index is 6.17. The number of benzene rings is 1. The zero-order valence-corrected chi connectivity index (χ0v) is 17.2. The van der Waals surface area contributed by atoms with Crippen LogP contribution < -0.4 is 15.4 Å². The second-order valence-corrected chi connectivity index (χ2v) is 6.74. The SMILES string of the molecule is CCC(CNC(=NC)NCCCCn1ccnc1C)Oc1ccccc1Cl. The molecule has 2 aromatic rings. The van der Waals surface area contributed by atoms with Gasteiger partial charge < -0.3 is 19.9 Å². The van der Waals surface area contributed by atoms with Gasteiger partial charge in [0.2, 0.25) is 0 Å². The number of ether oxygens (including phenoxy) is 1. The molecule has 0 saturated carbocycles. The molecule has 27 heavy (non-hydrogen) atoms. The van der Waals surface area contributed by atoms with E-state index < -0.39 is 0 Å². The van der Waals surface area contributed by atoms with E-state index in [4.69, 9.17) is 16.3 Å². The Bertz CT molecular complexity index is 716. The number of imidazole rings is 1. The van der Waals surface area contributed by atoms with Gasteiger partial charge in [0.1, 0.15) is 17.7 Å². The van der Waals surface area contributed by atoms with Crippen LogP contribution in [-0.2, 0) is 6.54 Å². The van der Waals surface area contributed by atoms with Crippen LogP contribution in [0.15, 0.2) is 41.7 Å². The minimum atomic E-state index is 0.0210. The fraction of sp³-hybridized carbons (Fsp3) is 0.500. The van der Waals surface area contributed by atoms with Crippen molar-refractivity contribution in [2.45, 2.75) is 45.8 Å². The largest absolute Gasteiger partial charge is 0.487 e. The lowest BCUT2D eigenvalue weighted by Crippen LogP contribution is -2.42. The van der Waals surface area contributed by atoms with Crippen LogP contribution in [0.4, 0.5) is 0 Å². The predicted octanol–water partition coefficient (Wildman–Crippen LogP) is 3.65. The van der Waals surface area contributed by atoms with Crippen LogP contribution in [0.3, 0.4) is 0 Å². The molecule has 1 aromatic carbocycles. The van der Waals surface area contributed by atoms with Crippen molar-refractivity contribution in [2.75, 3.05) is 20.1 Å². The highest BCUT2D eigenvalue weighted by Gasteiger charge is 2.11. The van der Waals surface area contributed by atoms with Crippen molar-refractivity contribution in [1.82, 2.24) is 20.2 Å². The number of halogens is 1. The number of para-hydroxylation sites is 1. The number of aryl methyl sites for hydroxylation is 2. The van der Waals surface area contributed by atoms with Gasteiger partial charge in [0.25, 0.3) is 0 Å². The third kappa shape index (κ3) is 7.13. The Kier molecular flexibility index (Phi) is 8.98. The number of aliphatic imine (C=N–C) groups is 1. The topological polar surface area (TPSA) is 63.5 Å². The van der Waals surface area contributed by atoms with E-state index in [0.717, 1.165) is 44.1 Å². The van der Waals surface area contributed by atoms with Gasteiger partial charge >= 0.3 is 0 Å². The second-order valence-electron chi connectivity index (χ2n) is 6.33. The highest BCUT2D eigenvalue weighted by Crippen LogP contribution is 2.24. The lowest BCUT2D eigenvalue weighted by molar-refractivity contribution is 0.199. The van der Waals surface area contributed by atoms with Gasteiger partial charge in [-0.1, -0.05) is 30.7 Å². The minimum absolute atomic E-state index is 0.0210. The molecule has 1 unspecified atom stereocenters. The Balaban J connectivity index is 1.67. The van der Waals surface area contributed by atoms with Crippen LogP contribution in [0.25, 0.3) is 0 Å². The summed E-state index contributed by atoms with van der Waals surface area (Å²) in [5.74, 6) is 2.56. The van der Waals surface area contributed by atoms with Crippen LogP contribution in [0, 0.1) is 6.92 Å². The van der Waals surface area contributed by atoms with E-state index in [0.29, 0.717) is 17.3 Å². The highest BCUT2D eigenvalue weighted by atomic mass is 35.5. The molecule has 1 heterocycles. The van der Waals surface area contributed by atoms with E-state index in [2.05, 4.69) is 32.1 Å². The van der Waals surface area contributed by atoms with E-state index in [9.17, 15) is 0 Å². The molecule has 0 spiro atoms. The van der Waals surface area contributed by atoms with Gasteiger partial charge in [-0.3, -0.25) is 4.99 Å². The molecule has 1 atom stereocenters. The first kappa shape index (κ1) is 21.1. The molecule has 148 valence electrons. The zero-order valence-electron chi connectivity index (χ0n) is 16.4. The Morgan fingerprint density at radius 1 is 1.30 bits per heavy atom. The zero-order chi connectivity index (χ0) is 19.5. The number of hydrogen-bond acceptors (Lipinski definition) is 3. The fourth-order valence-corrected chi connectivity index (χ4v) is 2.85. The van der Waals surface area contributed by atoms with Crippen LogP contribution in [-0.4, -0.2) is 41.8 Å². The lowest BCUT2D eigenvalue weighted by atomic mass is 10.2. The molecule has 2 N–H and O–H groups in total. The quantitative estimate of drug-likeness (QED) is 0.368. The average molecular weight is 392 g/mol. The summed E-state index contributed by atoms with van der Waals surface area (Å²) in [4.78, 5) is 8.52. The van der Waals surface area contributed by atoms with Crippen molar-refractivity contribution in [2.24, 2.45) is 4.99 Å². The van der Waals surface area contributed by atoms with Gasteiger partial charge in [-0.25, -0.2) is 4.98 Å². The molecule has 1 aromatic heterocycles. The molecular weight excluding hydrogens is 362 g/mol. The van der Waals surface area contributed by atoms with Gasteiger partial charge in [-0.05, 0) is 38.3 Å². The third-order valence-corrected chi connectivity index (χ3v) is 4.66. The summed E-state index contributed by atoms with van der Waals surface area (Å²) in [6.45, 7) is 6.64. The predicted molar refractivity (Wildman–Crippen MR) is 112 cm³/mol. The third-order valence-electron chi connectivity index (χ3n) is 4.35. The molecule has 0 radical (unpaired) electrons. The summed E-state index contributed by atoms with van der Waals surface area (Å²) in [5.41, 5.74) is 0. The maximum Gasteiger partial charge on any atom is 0.191 e. The molecule has 6 nitrogen and oxygen atoms in total. The van der Waals surface area contributed by atoms with Crippen molar-refractivity contribution in [1.29, 1.82) is 0 Å². The van der Waals surface area contributed by atoms with E-state index in [1.54, 1.807) is 7.05 Å². The van der Waals surface area contributed by atoms with E-state index >= 15 is 0 Å². The number of nitrogens with zero attached hydrogens (tertiary/aromatic N) is 3. The lowest BCUT2D eigenvalue weighted by Gasteiger charge is -2.20. The molecule has 2 rings (SSSR count). The molecule has 7 heteroatoms. The summed E-state index contributed by atoms with van der Waals surface area (Å²) < 4.78 is 8.17. The number of hydrogen-bond donors (Lipinski definition) is 2. The number of rotatable bonds is 10. The normalized spacial score (nSPS) is 12.7. The molecule has 0 aliphatic rings. The second kappa shape index (κ2) is 11.5. The first-order valence-corrected chi connectivity index (χ1v) is 9.85. The standard InChI is InChI=1S/C20H30ClN5O/c1-4-17(27-19-10-6-5-9-18(19)21)15-25-20(22-3)24-11-7-8-13-26-14-12-23-16(26)2/h5-6,9-10,12,14,17H,4,7-8,11,13,15H2,1-3H3,(H2,22,24,25). The van der Waals surface area contributed by atoms with Crippen molar-refractivity contribution >= 4 is 17.6 Å². The highest BCUT2D eigenvalue weighted by molar-refractivity contribution is 6.32. The molecular formula is C20H30ClN5O. The van der Waals surface area contributed by atoms with Gasteiger partial charge in [0.05, 0.1) is 11.6 Å². The van der Waals surface area contributed by atoms with Crippen LogP contribution in [0.2, 0.25) is 5.02 Å². The Morgan fingerprint density at radius 3 is 2.78 bits per heavy atom. The van der Waals surface area contributed by atoms with Crippen LogP contribution in [0.5, 0.6) is 5.75 Å². The summed E-state index contributed by atoms with van der Waals surface area (Å²) in [6.07, 6.45) is 6.91. The molecule has 0 aliphatic carbocycles. The number of nitrogens with one attached hydrogen (secondary N) is 2. The Labute approximate surface area is 167 Å². The molecule has 0 amide bonds. The number of unbranched alkanes of at least 4 members (excludes halogenated alkanes) is 1. The van der Waals surface area contributed by atoms with Gasteiger partial charge in [0, 0.05) is 32.5 Å². The monoisotopic (exact) mass is 391 g/mol. The molecule has 0 aliphatic heterocycles. The van der Waals surface area contributed by atoms with E-state index in [1.165, 1.54) is 0 Å². The number of guanidine groups is 1.